The van der Waals surface area contributed by atoms with Crippen molar-refractivity contribution in [3.63, 3.8) is 0 Å². The van der Waals surface area contributed by atoms with Crippen LogP contribution in [-0.4, -0.2) is 48.4 Å². The van der Waals surface area contributed by atoms with E-state index in [-0.39, 0.29) is 11.7 Å². The molecule has 0 aliphatic carbocycles. The second-order valence-corrected chi connectivity index (χ2v) is 6.35. The van der Waals surface area contributed by atoms with E-state index in [1.165, 1.54) is 12.1 Å². The van der Waals surface area contributed by atoms with Gasteiger partial charge in [0.05, 0.1) is 0 Å². The van der Waals surface area contributed by atoms with Crippen LogP contribution < -0.4 is 0 Å². The maximum atomic E-state index is 12.9. The average molecular weight is 304 g/mol. The first-order valence-electron chi connectivity index (χ1n) is 7.91. The molecule has 1 aliphatic heterocycles. The number of hydrogen-bond donors (Lipinski definition) is 0. The first-order chi connectivity index (χ1) is 10.5. The molecule has 1 heterocycles. The highest BCUT2D eigenvalue weighted by Gasteiger charge is 2.20. The largest absolute Gasteiger partial charge is 0.337 e. The number of hydrogen-bond acceptors (Lipinski definition) is 2. The Morgan fingerprint density at radius 3 is 2.32 bits per heavy atom. The minimum atomic E-state index is -0.260. The Morgan fingerprint density at radius 1 is 1.18 bits per heavy atom. The molecule has 1 fully saturated rings. The summed E-state index contributed by atoms with van der Waals surface area (Å²) in [5.74, 6) is 0.443. The van der Waals surface area contributed by atoms with E-state index in [4.69, 9.17) is 0 Å². The van der Waals surface area contributed by atoms with E-state index in [0.29, 0.717) is 5.92 Å². The molecule has 2 rings (SSSR count). The quantitative estimate of drug-likeness (QED) is 0.798. The van der Waals surface area contributed by atoms with Crippen molar-refractivity contribution >= 4 is 11.5 Å². The van der Waals surface area contributed by atoms with Gasteiger partial charge in [-0.25, -0.2) is 4.39 Å². The third-order valence-electron chi connectivity index (χ3n) is 3.95. The standard InChI is InChI=1S/C18H25FN2O/c1-14(2)13-20-8-10-21(11-9-20)18(22)12-15(3)16-4-6-17(19)7-5-16/h4-7,12,14H,8-11,13H2,1-3H3/b15-12-. The molecule has 0 bridgehead atoms. The lowest BCUT2D eigenvalue weighted by Crippen LogP contribution is -2.49. The first-order valence-corrected chi connectivity index (χ1v) is 7.91. The highest BCUT2D eigenvalue weighted by Crippen LogP contribution is 2.15. The van der Waals surface area contributed by atoms with E-state index in [0.717, 1.165) is 43.9 Å². The maximum Gasteiger partial charge on any atom is 0.246 e. The molecule has 0 N–H and O–H groups in total. The van der Waals surface area contributed by atoms with Crippen LogP contribution in [0.5, 0.6) is 0 Å². The fraction of sp³-hybridized carbons (Fsp3) is 0.500. The van der Waals surface area contributed by atoms with Crippen molar-refractivity contribution in [2.45, 2.75) is 20.8 Å². The number of carbonyl (C=O) groups is 1. The molecule has 0 atom stereocenters. The van der Waals surface area contributed by atoms with Crippen molar-refractivity contribution in [3.05, 3.63) is 41.7 Å². The number of amides is 1. The molecule has 0 spiro atoms. The zero-order valence-corrected chi connectivity index (χ0v) is 13.7. The fourth-order valence-electron chi connectivity index (χ4n) is 2.74. The van der Waals surface area contributed by atoms with Gasteiger partial charge in [0.15, 0.2) is 0 Å². The van der Waals surface area contributed by atoms with Crippen molar-refractivity contribution < 1.29 is 9.18 Å². The maximum absolute atomic E-state index is 12.9. The summed E-state index contributed by atoms with van der Waals surface area (Å²) in [7, 11) is 0. The van der Waals surface area contributed by atoms with Crippen LogP contribution in [0, 0.1) is 11.7 Å². The van der Waals surface area contributed by atoms with Crippen LogP contribution in [-0.2, 0) is 4.79 Å². The molecule has 0 aromatic heterocycles. The van der Waals surface area contributed by atoms with Crippen LogP contribution in [0.15, 0.2) is 30.3 Å². The Balaban J connectivity index is 1.92. The monoisotopic (exact) mass is 304 g/mol. The molecule has 0 unspecified atom stereocenters. The summed E-state index contributed by atoms with van der Waals surface area (Å²) in [5, 5.41) is 0. The molecule has 1 aromatic carbocycles. The van der Waals surface area contributed by atoms with Crippen molar-refractivity contribution in [3.8, 4) is 0 Å². The van der Waals surface area contributed by atoms with Crippen LogP contribution in [0.2, 0.25) is 0 Å². The Bertz CT molecular complexity index is 529. The van der Waals surface area contributed by atoms with E-state index in [1.807, 2.05) is 11.8 Å². The van der Waals surface area contributed by atoms with Gasteiger partial charge >= 0.3 is 0 Å². The fourth-order valence-corrected chi connectivity index (χ4v) is 2.74. The molecule has 0 saturated carbocycles. The molecular formula is C18H25FN2O. The molecular weight excluding hydrogens is 279 g/mol. The molecule has 22 heavy (non-hydrogen) atoms. The van der Waals surface area contributed by atoms with Crippen LogP contribution in [0.3, 0.4) is 0 Å². The summed E-state index contributed by atoms with van der Waals surface area (Å²) >= 11 is 0. The lowest BCUT2D eigenvalue weighted by molar-refractivity contribution is -0.127. The van der Waals surface area contributed by atoms with Gasteiger partial charge in [0.2, 0.25) is 5.91 Å². The number of nitrogens with zero attached hydrogens (tertiary/aromatic N) is 2. The number of rotatable bonds is 4. The zero-order chi connectivity index (χ0) is 16.1. The SMILES string of the molecule is C/C(=C/C(=O)N1CCN(CC(C)C)CC1)c1ccc(F)cc1. The van der Waals surface area contributed by atoms with Crippen molar-refractivity contribution in [2.75, 3.05) is 32.7 Å². The Kier molecular flexibility index (Phi) is 5.72. The van der Waals surface area contributed by atoms with E-state index < -0.39 is 0 Å². The smallest absolute Gasteiger partial charge is 0.246 e. The molecule has 4 heteroatoms. The highest BCUT2D eigenvalue weighted by molar-refractivity contribution is 5.94. The topological polar surface area (TPSA) is 23.6 Å². The normalized spacial score (nSPS) is 17.1. The predicted octanol–water partition coefficient (Wildman–Crippen LogP) is 3.03. The van der Waals surface area contributed by atoms with E-state index in [9.17, 15) is 9.18 Å². The summed E-state index contributed by atoms with van der Waals surface area (Å²) < 4.78 is 12.9. The third kappa shape index (κ3) is 4.67. The molecule has 1 saturated heterocycles. The molecule has 3 nitrogen and oxygen atoms in total. The second kappa shape index (κ2) is 7.54. The number of carbonyl (C=O) groups excluding carboxylic acids is 1. The molecule has 1 aromatic rings. The lowest BCUT2D eigenvalue weighted by Gasteiger charge is -2.35. The summed E-state index contributed by atoms with van der Waals surface area (Å²) in [6.45, 7) is 10.8. The van der Waals surface area contributed by atoms with Gasteiger partial charge < -0.3 is 4.90 Å². The second-order valence-electron chi connectivity index (χ2n) is 6.35. The highest BCUT2D eigenvalue weighted by atomic mass is 19.1. The number of halogens is 1. The van der Waals surface area contributed by atoms with E-state index >= 15 is 0 Å². The number of benzene rings is 1. The van der Waals surface area contributed by atoms with Crippen molar-refractivity contribution in [1.82, 2.24) is 9.80 Å². The predicted molar refractivity (Wildman–Crippen MR) is 87.9 cm³/mol. The first kappa shape index (κ1) is 16.7. The van der Waals surface area contributed by atoms with Crippen molar-refractivity contribution in [2.24, 2.45) is 5.92 Å². The molecule has 0 radical (unpaired) electrons. The van der Waals surface area contributed by atoms with Gasteiger partial charge in [-0.15, -0.1) is 0 Å². The van der Waals surface area contributed by atoms with Gasteiger partial charge in [0.1, 0.15) is 5.82 Å². The zero-order valence-electron chi connectivity index (χ0n) is 13.7. The van der Waals surface area contributed by atoms with Crippen LogP contribution >= 0.6 is 0 Å². The molecule has 1 amide bonds. The van der Waals surface area contributed by atoms with Crippen LogP contribution in [0.1, 0.15) is 26.3 Å². The third-order valence-corrected chi connectivity index (χ3v) is 3.95. The van der Waals surface area contributed by atoms with Gasteiger partial charge in [0, 0.05) is 38.8 Å². The lowest BCUT2D eigenvalue weighted by atomic mass is 10.1. The Hall–Kier alpha value is -1.68. The van der Waals surface area contributed by atoms with Gasteiger partial charge in [0.25, 0.3) is 0 Å². The minimum Gasteiger partial charge on any atom is -0.337 e. The van der Waals surface area contributed by atoms with Crippen LogP contribution in [0.25, 0.3) is 5.57 Å². The molecule has 120 valence electrons. The number of allylic oxidation sites excluding steroid dienone is 1. The summed E-state index contributed by atoms with van der Waals surface area (Å²) in [5.41, 5.74) is 1.75. The summed E-state index contributed by atoms with van der Waals surface area (Å²) in [6, 6.07) is 6.24. The van der Waals surface area contributed by atoms with Crippen molar-refractivity contribution in [1.29, 1.82) is 0 Å². The van der Waals surface area contributed by atoms with Gasteiger partial charge in [-0.05, 0) is 36.1 Å². The minimum absolute atomic E-state index is 0.0472. The summed E-state index contributed by atoms with van der Waals surface area (Å²) in [4.78, 5) is 16.6. The number of piperazine rings is 1. The summed E-state index contributed by atoms with van der Waals surface area (Å²) in [6.07, 6.45) is 1.66. The Labute approximate surface area is 132 Å². The van der Waals surface area contributed by atoms with Gasteiger partial charge in [-0.1, -0.05) is 26.0 Å². The average Bonchev–Trinajstić information content (AvgIpc) is 2.48. The van der Waals surface area contributed by atoms with Crippen LogP contribution in [0.4, 0.5) is 4.39 Å². The van der Waals surface area contributed by atoms with E-state index in [2.05, 4.69) is 18.7 Å². The molecule has 1 aliphatic rings. The Morgan fingerprint density at radius 2 is 1.77 bits per heavy atom. The van der Waals surface area contributed by atoms with Gasteiger partial charge in [-0.3, -0.25) is 9.69 Å². The van der Waals surface area contributed by atoms with E-state index in [1.54, 1.807) is 18.2 Å². The van der Waals surface area contributed by atoms with Gasteiger partial charge in [-0.2, -0.15) is 0 Å².